The molecule has 0 N–H and O–H groups in total. The van der Waals surface area contributed by atoms with E-state index in [-0.39, 0.29) is 12.2 Å². The second kappa shape index (κ2) is 5.99. The summed E-state index contributed by atoms with van der Waals surface area (Å²) in [4.78, 5) is 6.63. The van der Waals surface area contributed by atoms with Gasteiger partial charge in [-0.1, -0.05) is 5.21 Å². The highest BCUT2D eigenvalue weighted by molar-refractivity contribution is 7.07. The van der Waals surface area contributed by atoms with Crippen LogP contribution in [0.3, 0.4) is 0 Å². The summed E-state index contributed by atoms with van der Waals surface area (Å²) in [6.07, 6.45) is 2.57. The predicted octanol–water partition coefficient (Wildman–Crippen LogP) is 1.39. The molecule has 0 saturated carbocycles. The SMILES string of the molecule is C[C@@H]1CN(Cc2cn(Cc3cscn3)nn2)C[C@H](C)O1. The molecule has 20 heavy (non-hydrogen) atoms. The molecule has 1 aliphatic heterocycles. The lowest BCUT2D eigenvalue weighted by Gasteiger charge is -2.34. The van der Waals surface area contributed by atoms with Crippen LogP contribution in [0.25, 0.3) is 0 Å². The van der Waals surface area contributed by atoms with Crippen LogP contribution in [-0.4, -0.2) is 50.2 Å². The molecule has 108 valence electrons. The van der Waals surface area contributed by atoms with Crippen molar-refractivity contribution in [3.05, 3.63) is 28.5 Å². The van der Waals surface area contributed by atoms with Crippen molar-refractivity contribution in [1.82, 2.24) is 24.9 Å². The Balaban J connectivity index is 1.59. The van der Waals surface area contributed by atoms with Crippen LogP contribution in [0, 0.1) is 0 Å². The Labute approximate surface area is 122 Å². The minimum Gasteiger partial charge on any atom is -0.373 e. The third kappa shape index (κ3) is 3.41. The summed E-state index contributed by atoms with van der Waals surface area (Å²) in [5.74, 6) is 0. The largest absolute Gasteiger partial charge is 0.373 e. The molecule has 2 aromatic rings. The average molecular weight is 293 g/mol. The van der Waals surface area contributed by atoms with E-state index in [0.717, 1.165) is 31.0 Å². The van der Waals surface area contributed by atoms with Crippen LogP contribution in [-0.2, 0) is 17.8 Å². The van der Waals surface area contributed by atoms with Gasteiger partial charge in [-0.15, -0.1) is 16.4 Å². The van der Waals surface area contributed by atoms with E-state index in [9.17, 15) is 0 Å². The van der Waals surface area contributed by atoms with Gasteiger partial charge in [0.25, 0.3) is 0 Å². The maximum absolute atomic E-state index is 5.74. The van der Waals surface area contributed by atoms with Crippen molar-refractivity contribution >= 4 is 11.3 Å². The van der Waals surface area contributed by atoms with Crippen molar-refractivity contribution in [3.63, 3.8) is 0 Å². The van der Waals surface area contributed by atoms with Gasteiger partial charge >= 0.3 is 0 Å². The Hall–Kier alpha value is -1.31. The molecule has 2 atom stereocenters. The minimum atomic E-state index is 0.281. The van der Waals surface area contributed by atoms with Gasteiger partial charge in [-0.05, 0) is 13.8 Å². The van der Waals surface area contributed by atoms with E-state index in [4.69, 9.17) is 4.74 Å². The molecule has 0 radical (unpaired) electrons. The van der Waals surface area contributed by atoms with Gasteiger partial charge in [0.15, 0.2) is 0 Å². The molecule has 3 heterocycles. The van der Waals surface area contributed by atoms with Crippen LogP contribution < -0.4 is 0 Å². The maximum atomic E-state index is 5.74. The fraction of sp³-hybridized carbons (Fsp3) is 0.615. The zero-order valence-electron chi connectivity index (χ0n) is 11.8. The average Bonchev–Trinajstić information content (AvgIpc) is 3.01. The van der Waals surface area contributed by atoms with E-state index < -0.39 is 0 Å². The monoisotopic (exact) mass is 293 g/mol. The second-order valence-corrected chi connectivity index (χ2v) is 6.06. The first-order valence-corrected chi connectivity index (χ1v) is 7.77. The lowest BCUT2D eigenvalue weighted by atomic mass is 10.2. The zero-order chi connectivity index (χ0) is 13.9. The summed E-state index contributed by atoms with van der Waals surface area (Å²) in [6.45, 7) is 7.64. The second-order valence-electron chi connectivity index (χ2n) is 5.34. The van der Waals surface area contributed by atoms with Crippen molar-refractivity contribution < 1.29 is 4.74 Å². The number of hydrogen-bond donors (Lipinski definition) is 0. The lowest BCUT2D eigenvalue weighted by molar-refractivity contribution is -0.0707. The van der Waals surface area contributed by atoms with Crippen LogP contribution in [0.4, 0.5) is 0 Å². The van der Waals surface area contributed by atoms with Crippen LogP contribution in [0.1, 0.15) is 25.2 Å². The molecule has 0 spiro atoms. The quantitative estimate of drug-likeness (QED) is 0.852. The highest BCUT2D eigenvalue weighted by Crippen LogP contribution is 2.13. The normalized spacial score (nSPS) is 24.1. The zero-order valence-corrected chi connectivity index (χ0v) is 12.6. The maximum Gasteiger partial charge on any atom is 0.0967 e. The molecular formula is C13H19N5OS. The molecule has 0 amide bonds. The highest BCUT2D eigenvalue weighted by atomic mass is 32.1. The fourth-order valence-electron chi connectivity index (χ4n) is 2.61. The van der Waals surface area contributed by atoms with E-state index in [1.54, 1.807) is 11.3 Å². The summed E-state index contributed by atoms with van der Waals surface area (Å²) >= 11 is 1.60. The van der Waals surface area contributed by atoms with E-state index in [1.807, 2.05) is 21.8 Å². The van der Waals surface area contributed by atoms with Gasteiger partial charge in [-0.3, -0.25) is 4.90 Å². The molecule has 1 aliphatic rings. The number of rotatable bonds is 4. The van der Waals surface area contributed by atoms with Gasteiger partial charge < -0.3 is 4.74 Å². The van der Waals surface area contributed by atoms with Gasteiger partial charge in [-0.2, -0.15) is 0 Å². The Kier molecular flexibility index (Phi) is 4.09. The summed E-state index contributed by atoms with van der Waals surface area (Å²) in [7, 11) is 0. The molecule has 0 aromatic carbocycles. The Morgan fingerprint density at radius 1 is 1.25 bits per heavy atom. The summed E-state index contributed by atoms with van der Waals surface area (Å²) in [5.41, 5.74) is 3.87. The first-order valence-electron chi connectivity index (χ1n) is 6.83. The lowest BCUT2D eigenvalue weighted by Crippen LogP contribution is -2.44. The van der Waals surface area contributed by atoms with E-state index in [0.29, 0.717) is 6.54 Å². The van der Waals surface area contributed by atoms with Crippen LogP contribution in [0.5, 0.6) is 0 Å². The van der Waals surface area contributed by atoms with Crippen LogP contribution >= 0.6 is 11.3 Å². The Morgan fingerprint density at radius 3 is 2.75 bits per heavy atom. The first-order chi connectivity index (χ1) is 9.69. The van der Waals surface area contributed by atoms with Gasteiger partial charge in [-0.25, -0.2) is 9.67 Å². The number of nitrogens with zero attached hydrogens (tertiary/aromatic N) is 5. The highest BCUT2D eigenvalue weighted by Gasteiger charge is 2.22. The third-order valence-electron chi connectivity index (χ3n) is 3.27. The molecule has 7 heteroatoms. The van der Waals surface area contributed by atoms with Crippen molar-refractivity contribution in [2.45, 2.75) is 39.1 Å². The molecule has 2 aromatic heterocycles. The van der Waals surface area contributed by atoms with Gasteiger partial charge in [0.05, 0.1) is 41.8 Å². The molecule has 3 rings (SSSR count). The number of thiazole rings is 1. The topological polar surface area (TPSA) is 56.1 Å². The summed E-state index contributed by atoms with van der Waals surface area (Å²) in [6, 6.07) is 0. The first kappa shape index (κ1) is 13.7. The van der Waals surface area contributed by atoms with Gasteiger partial charge in [0.1, 0.15) is 0 Å². The van der Waals surface area contributed by atoms with Gasteiger partial charge in [0, 0.05) is 25.0 Å². The standard InChI is InChI=1S/C13H19N5OS/c1-10-3-17(4-11(2)19-10)5-12-6-18(16-15-12)7-13-8-20-9-14-13/h6,8-11H,3-5,7H2,1-2H3/t10-,11+. The molecule has 0 bridgehead atoms. The van der Waals surface area contributed by atoms with Crippen molar-refractivity contribution in [2.75, 3.05) is 13.1 Å². The Bertz CT molecular complexity index is 531. The molecule has 0 unspecified atom stereocenters. The molecule has 6 nitrogen and oxygen atoms in total. The summed E-state index contributed by atoms with van der Waals surface area (Å²) in [5, 5.41) is 10.4. The van der Waals surface area contributed by atoms with Crippen LogP contribution in [0.15, 0.2) is 17.1 Å². The number of morpholine rings is 1. The summed E-state index contributed by atoms with van der Waals surface area (Å²) < 4.78 is 7.58. The molecule has 0 aliphatic carbocycles. The van der Waals surface area contributed by atoms with Gasteiger partial charge in [0.2, 0.25) is 0 Å². The smallest absolute Gasteiger partial charge is 0.0967 e. The molecular weight excluding hydrogens is 274 g/mol. The third-order valence-corrected chi connectivity index (χ3v) is 3.91. The predicted molar refractivity (Wildman–Crippen MR) is 76.5 cm³/mol. The van der Waals surface area contributed by atoms with Crippen molar-refractivity contribution in [1.29, 1.82) is 0 Å². The number of aromatic nitrogens is 4. The molecule has 1 fully saturated rings. The van der Waals surface area contributed by atoms with E-state index in [2.05, 4.69) is 34.0 Å². The Morgan fingerprint density at radius 2 is 2.05 bits per heavy atom. The van der Waals surface area contributed by atoms with Crippen molar-refractivity contribution in [2.24, 2.45) is 0 Å². The fourth-order valence-corrected chi connectivity index (χ4v) is 3.16. The van der Waals surface area contributed by atoms with Crippen LogP contribution in [0.2, 0.25) is 0 Å². The minimum absolute atomic E-state index is 0.281. The van der Waals surface area contributed by atoms with Crippen molar-refractivity contribution in [3.8, 4) is 0 Å². The van der Waals surface area contributed by atoms with E-state index in [1.165, 1.54) is 0 Å². The molecule has 1 saturated heterocycles. The number of hydrogen-bond acceptors (Lipinski definition) is 6. The number of ether oxygens (including phenoxy) is 1. The van der Waals surface area contributed by atoms with E-state index >= 15 is 0 Å².